The molecule has 35 heavy (non-hydrogen) atoms. The number of fused-ring (bicyclic) bond motifs is 1. The van der Waals surface area contributed by atoms with Crippen molar-refractivity contribution >= 4 is 23.6 Å². The summed E-state index contributed by atoms with van der Waals surface area (Å²) in [7, 11) is 7.79. The summed E-state index contributed by atoms with van der Waals surface area (Å²) in [6.07, 6.45) is 6.93. The lowest BCUT2D eigenvalue weighted by atomic mass is 9.87. The summed E-state index contributed by atoms with van der Waals surface area (Å²) < 4.78 is 3.26. The lowest BCUT2D eigenvalue weighted by Crippen LogP contribution is -2.39. The van der Waals surface area contributed by atoms with Crippen LogP contribution in [0.25, 0.3) is 11.0 Å². The van der Waals surface area contributed by atoms with Crippen LogP contribution in [-0.2, 0) is 16.6 Å². The van der Waals surface area contributed by atoms with Gasteiger partial charge in [-0.1, -0.05) is 12.1 Å². The van der Waals surface area contributed by atoms with Crippen LogP contribution in [0.3, 0.4) is 0 Å². The predicted molar refractivity (Wildman–Crippen MR) is 141 cm³/mol. The van der Waals surface area contributed by atoms with E-state index in [4.69, 9.17) is 0 Å². The second-order valence-electron chi connectivity index (χ2n) is 10.5. The van der Waals surface area contributed by atoms with Crippen molar-refractivity contribution in [3.63, 3.8) is 0 Å². The van der Waals surface area contributed by atoms with Gasteiger partial charge in [0.15, 0.2) is 0 Å². The Morgan fingerprint density at radius 1 is 1.09 bits per heavy atom. The van der Waals surface area contributed by atoms with Gasteiger partial charge in [0.05, 0.1) is 17.1 Å². The van der Waals surface area contributed by atoms with Gasteiger partial charge in [-0.25, -0.2) is 4.79 Å². The van der Waals surface area contributed by atoms with Gasteiger partial charge in [0.2, 0.25) is 0 Å². The highest BCUT2D eigenvalue weighted by Crippen LogP contribution is 2.34. The van der Waals surface area contributed by atoms with Crippen LogP contribution in [0.2, 0.25) is 0 Å². The summed E-state index contributed by atoms with van der Waals surface area (Å²) in [4.78, 5) is 40.2. The Kier molecular flexibility index (Phi) is 10.2. The number of aldehydes is 2. The molecule has 2 aromatic rings. The molecule has 8 nitrogen and oxygen atoms in total. The minimum Gasteiger partial charge on any atom is -0.317 e. The lowest BCUT2D eigenvalue weighted by molar-refractivity contribution is -0.111. The molecule has 1 unspecified atom stereocenters. The molecule has 0 spiro atoms. The Balaban J connectivity index is 0.000000795. The molecule has 1 atom stereocenters. The molecule has 2 aliphatic rings. The van der Waals surface area contributed by atoms with Gasteiger partial charge in [-0.05, 0) is 103 Å². The molecule has 194 valence electrons. The molecule has 2 aliphatic heterocycles. The largest absolute Gasteiger partial charge is 0.329 e. The number of para-hydroxylation sites is 1. The molecule has 0 aliphatic carbocycles. The van der Waals surface area contributed by atoms with Crippen LogP contribution in [0.1, 0.15) is 56.0 Å². The summed E-state index contributed by atoms with van der Waals surface area (Å²) in [6.45, 7) is 5.67. The monoisotopic (exact) mass is 485 g/mol. The van der Waals surface area contributed by atoms with Gasteiger partial charge in [0, 0.05) is 20.0 Å². The normalized spacial score (nSPS) is 18.9. The molecule has 0 saturated carbocycles. The predicted octanol–water partition coefficient (Wildman–Crippen LogP) is 2.42. The third-order valence-electron chi connectivity index (χ3n) is 7.21. The van der Waals surface area contributed by atoms with Gasteiger partial charge >= 0.3 is 5.69 Å². The third kappa shape index (κ3) is 6.90. The number of aromatic nitrogens is 2. The van der Waals surface area contributed by atoms with Crippen LogP contribution in [-0.4, -0.2) is 85.4 Å². The first-order chi connectivity index (χ1) is 16.9. The van der Waals surface area contributed by atoms with Gasteiger partial charge in [0.1, 0.15) is 12.6 Å². The molecular weight excluding hydrogens is 442 g/mol. The van der Waals surface area contributed by atoms with Crippen molar-refractivity contribution in [3.8, 4) is 0 Å². The van der Waals surface area contributed by atoms with Gasteiger partial charge in [-0.2, -0.15) is 0 Å². The number of aryl methyl sites for hydroxylation is 1. The summed E-state index contributed by atoms with van der Waals surface area (Å²) >= 11 is 0. The smallest absolute Gasteiger partial charge is 0.317 e. The van der Waals surface area contributed by atoms with E-state index in [2.05, 4.69) is 16.3 Å². The van der Waals surface area contributed by atoms with Crippen LogP contribution >= 0.6 is 0 Å². The second kappa shape index (κ2) is 13.1. The Morgan fingerprint density at radius 2 is 1.74 bits per heavy atom. The number of carbonyl (C=O) groups excluding carboxylic acids is 2. The highest BCUT2D eigenvalue weighted by Gasteiger charge is 2.27. The zero-order valence-electron chi connectivity index (χ0n) is 21.9. The number of imidazole rings is 1. The first-order valence-electron chi connectivity index (χ1n) is 13.0. The zero-order chi connectivity index (χ0) is 25.4. The molecule has 0 amide bonds. The Bertz CT molecular complexity index is 1010. The van der Waals surface area contributed by atoms with Gasteiger partial charge in [-0.15, -0.1) is 0 Å². The number of hydrogen-bond acceptors (Lipinski definition) is 6. The minimum atomic E-state index is -0.608. The quantitative estimate of drug-likeness (QED) is 0.579. The van der Waals surface area contributed by atoms with E-state index in [1.54, 1.807) is 16.2 Å². The summed E-state index contributed by atoms with van der Waals surface area (Å²) in [6, 6.07) is 5.45. The average Bonchev–Trinajstić information content (AvgIpc) is 3.11. The van der Waals surface area contributed by atoms with E-state index >= 15 is 0 Å². The molecule has 1 N–H and O–H groups in total. The first kappa shape index (κ1) is 27.3. The topological polar surface area (TPSA) is 79.6 Å². The van der Waals surface area contributed by atoms with Crippen molar-refractivity contribution in [1.29, 1.82) is 0 Å². The van der Waals surface area contributed by atoms with Crippen LogP contribution < -0.4 is 11.0 Å². The van der Waals surface area contributed by atoms with E-state index < -0.39 is 6.04 Å². The van der Waals surface area contributed by atoms with E-state index in [0.29, 0.717) is 12.3 Å². The standard InChI is InChI=1S/C24H34N4O3.C3H9N/c1-26-23-21(19-9-13-27(14-10-19)16-18-7-11-25-12-8-18)5-2-6-22(23)28(24(26)31)20(17-30)4-3-15-29;1-4(2)3/h2,5-6,15,17-20,25H,3-4,7-14,16H2,1H3;1-3H3. The molecule has 2 saturated heterocycles. The molecule has 0 bridgehead atoms. The molecule has 3 heterocycles. The van der Waals surface area contributed by atoms with Gasteiger partial charge < -0.3 is 24.7 Å². The molecular formula is C27H43N5O3. The third-order valence-corrected chi connectivity index (χ3v) is 7.21. The number of carbonyl (C=O) groups is 2. The van der Waals surface area contributed by atoms with Gasteiger partial charge in [0.25, 0.3) is 0 Å². The van der Waals surface area contributed by atoms with E-state index in [1.807, 2.05) is 38.2 Å². The highest BCUT2D eigenvalue weighted by atomic mass is 16.2. The number of nitrogens with one attached hydrogen (secondary N) is 1. The fraction of sp³-hybridized carbons (Fsp3) is 0.667. The average molecular weight is 486 g/mol. The lowest BCUT2D eigenvalue weighted by Gasteiger charge is -2.35. The summed E-state index contributed by atoms with van der Waals surface area (Å²) in [5.74, 6) is 1.22. The molecule has 2 fully saturated rings. The first-order valence-corrected chi connectivity index (χ1v) is 13.0. The van der Waals surface area contributed by atoms with Crippen molar-refractivity contribution in [3.05, 3.63) is 34.2 Å². The summed E-state index contributed by atoms with van der Waals surface area (Å²) in [5, 5.41) is 3.45. The number of likely N-dealkylation sites (tertiary alicyclic amines) is 1. The van der Waals surface area contributed by atoms with Crippen LogP contribution in [0.15, 0.2) is 23.0 Å². The fourth-order valence-corrected chi connectivity index (χ4v) is 5.47. The fourth-order valence-electron chi connectivity index (χ4n) is 5.47. The van der Waals surface area contributed by atoms with Crippen LogP contribution in [0.4, 0.5) is 0 Å². The van der Waals surface area contributed by atoms with Crippen molar-refractivity contribution in [2.75, 3.05) is 53.9 Å². The molecule has 8 heteroatoms. The SMILES string of the molecule is CN(C)C.Cn1c(=O)n(C(C=O)CCC=O)c2cccc(C3CCN(CC4CCNCC4)CC3)c21. The number of piperidine rings is 2. The van der Waals surface area contributed by atoms with E-state index in [9.17, 15) is 14.4 Å². The Hall–Kier alpha value is -2.29. The molecule has 1 aromatic carbocycles. The van der Waals surface area contributed by atoms with Crippen molar-refractivity contribution < 1.29 is 9.59 Å². The van der Waals surface area contributed by atoms with Crippen molar-refractivity contribution in [2.24, 2.45) is 13.0 Å². The Labute approximate surface area is 209 Å². The zero-order valence-corrected chi connectivity index (χ0v) is 21.9. The maximum Gasteiger partial charge on any atom is 0.329 e. The maximum absolute atomic E-state index is 13.0. The van der Waals surface area contributed by atoms with Crippen molar-refractivity contribution in [2.45, 2.75) is 50.5 Å². The second-order valence-corrected chi connectivity index (χ2v) is 10.5. The van der Waals surface area contributed by atoms with E-state index in [0.717, 1.165) is 68.5 Å². The maximum atomic E-state index is 13.0. The molecule has 0 radical (unpaired) electrons. The number of benzene rings is 1. The highest BCUT2D eigenvalue weighted by molar-refractivity contribution is 5.81. The minimum absolute atomic E-state index is 0.186. The molecule has 4 rings (SSSR count). The van der Waals surface area contributed by atoms with Crippen LogP contribution in [0, 0.1) is 5.92 Å². The van der Waals surface area contributed by atoms with Gasteiger partial charge in [-0.3, -0.25) is 9.13 Å². The van der Waals surface area contributed by atoms with Crippen molar-refractivity contribution in [1.82, 2.24) is 24.3 Å². The Morgan fingerprint density at radius 3 is 2.34 bits per heavy atom. The van der Waals surface area contributed by atoms with Crippen LogP contribution in [0.5, 0.6) is 0 Å². The molecule has 1 aromatic heterocycles. The number of hydrogen-bond donors (Lipinski definition) is 1. The van der Waals surface area contributed by atoms with E-state index in [-0.39, 0.29) is 12.1 Å². The number of rotatable bonds is 8. The number of nitrogens with zero attached hydrogens (tertiary/aromatic N) is 4. The van der Waals surface area contributed by atoms with E-state index in [1.165, 1.54) is 24.9 Å². The summed E-state index contributed by atoms with van der Waals surface area (Å²) in [5.41, 5.74) is 2.75.